The first kappa shape index (κ1) is 28.0. The minimum absolute atomic E-state index is 0.215. The molecule has 1 amide bonds. The van der Waals surface area contributed by atoms with Gasteiger partial charge in [-0.05, 0) is 48.9 Å². The second-order valence-corrected chi connectivity index (χ2v) is 11.7. The third-order valence-corrected chi connectivity index (χ3v) is 9.41. The van der Waals surface area contributed by atoms with Crippen LogP contribution in [-0.4, -0.2) is 52.1 Å². The molecule has 0 bridgehead atoms. The third-order valence-electron chi connectivity index (χ3n) is 7.54. The molecule has 0 unspecified atom stereocenters. The molecule has 1 spiro atoms. The van der Waals surface area contributed by atoms with Gasteiger partial charge < -0.3 is 5.32 Å². The number of halogens is 6. The highest BCUT2D eigenvalue weighted by Crippen LogP contribution is 2.71. The Morgan fingerprint density at radius 2 is 1.77 bits per heavy atom. The smallest absolute Gasteiger partial charge is 0.349 e. The van der Waals surface area contributed by atoms with Crippen molar-refractivity contribution in [3.05, 3.63) is 72.2 Å². The van der Waals surface area contributed by atoms with Crippen LogP contribution in [0.1, 0.15) is 24.7 Å². The predicted molar refractivity (Wildman–Crippen MR) is 127 cm³/mol. The molecular weight excluding hydrogens is 564 g/mol. The fraction of sp³-hybridized carbons (Fsp3) is 0.360. The highest BCUT2D eigenvalue weighted by Gasteiger charge is 2.81. The molecule has 3 atom stereocenters. The van der Waals surface area contributed by atoms with Gasteiger partial charge in [0.05, 0.1) is 28.2 Å². The van der Waals surface area contributed by atoms with E-state index in [1.165, 1.54) is 19.1 Å². The molecule has 8 nitrogen and oxygen atoms in total. The first-order valence-electron chi connectivity index (χ1n) is 11.9. The van der Waals surface area contributed by atoms with Crippen molar-refractivity contribution in [1.82, 2.24) is 24.6 Å². The van der Waals surface area contributed by atoms with E-state index in [-0.39, 0.29) is 28.4 Å². The molecule has 1 aliphatic heterocycles. The molecule has 1 saturated heterocycles. The molecule has 212 valence electrons. The van der Waals surface area contributed by atoms with E-state index >= 15 is 0 Å². The maximum Gasteiger partial charge on any atom is 0.433 e. The maximum atomic E-state index is 14.6. The van der Waals surface area contributed by atoms with E-state index < -0.39 is 69.9 Å². The number of amides is 1. The van der Waals surface area contributed by atoms with Gasteiger partial charge in [-0.25, -0.2) is 31.6 Å². The number of benzene rings is 1. The van der Waals surface area contributed by atoms with Gasteiger partial charge in [-0.15, -0.1) is 0 Å². The number of hydrogen-bond acceptors (Lipinski definition) is 6. The van der Waals surface area contributed by atoms with Crippen molar-refractivity contribution < 1.29 is 39.6 Å². The lowest BCUT2D eigenvalue weighted by Crippen LogP contribution is -2.45. The molecular formula is C25H21F6N5O3S. The van der Waals surface area contributed by atoms with Crippen LogP contribution in [0.25, 0.3) is 11.3 Å². The van der Waals surface area contributed by atoms with Gasteiger partial charge in [-0.1, -0.05) is 6.92 Å². The minimum atomic E-state index is -4.61. The van der Waals surface area contributed by atoms with Gasteiger partial charge in [0, 0.05) is 24.2 Å². The number of hydrogen-bond donors (Lipinski definition) is 1. The summed E-state index contributed by atoms with van der Waals surface area (Å²) in [5.41, 5.74) is -2.10. The normalized spacial score (nSPS) is 24.3. The van der Waals surface area contributed by atoms with Crippen LogP contribution in [0.15, 0.2) is 59.9 Å². The second-order valence-electron chi connectivity index (χ2n) is 9.77. The summed E-state index contributed by atoms with van der Waals surface area (Å²) < 4.78 is 108. The van der Waals surface area contributed by atoms with Gasteiger partial charge in [0.2, 0.25) is 15.9 Å². The molecule has 1 N–H and O–H groups in total. The Hall–Kier alpha value is -3.59. The summed E-state index contributed by atoms with van der Waals surface area (Å²) in [6.07, 6.45) is -2.92. The molecule has 3 aromatic rings. The van der Waals surface area contributed by atoms with Gasteiger partial charge in [0.25, 0.3) is 5.92 Å². The molecule has 2 fully saturated rings. The molecule has 40 heavy (non-hydrogen) atoms. The minimum Gasteiger partial charge on any atom is -0.349 e. The lowest BCUT2D eigenvalue weighted by atomic mass is 9.99. The Labute approximate surface area is 224 Å². The second kappa shape index (κ2) is 9.51. The van der Waals surface area contributed by atoms with E-state index in [9.17, 15) is 39.6 Å². The van der Waals surface area contributed by atoms with Crippen LogP contribution in [0.3, 0.4) is 0 Å². The molecule has 3 heterocycles. The van der Waals surface area contributed by atoms with Crippen molar-refractivity contribution in [2.75, 3.05) is 6.54 Å². The number of nitrogens with zero attached hydrogens (tertiary/aromatic N) is 4. The van der Waals surface area contributed by atoms with Crippen molar-refractivity contribution in [2.45, 2.75) is 42.9 Å². The number of aromatic nitrogens is 3. The van der Waals surface area contributed by atoms with Crippen LogP contribution in [-0.2, 0) is 27.5 Å². The van der Waals surface area contributed by atoms with E-state index in [0.29, 0.717) is 0 Å². The zero-order valence-electron chi connectivity index (χ0n) is 20.7. The predicted octanol–water partition coefficient (Wildman–Crippen LogP) is 4.05. The molecule has 1 aromatic carbocycles. The third kappa shape index (κ3) is 4.70. The van der Waals surface area contributed by atoms with Gasteiger partial charge in [0.1, 0.15) is 23.9 Å². The molecule has 15 heteroatoms. The number of carbonyl (C=O) groups excluding carboxylic acids is 1. The molecule has 2 aromatic heterocycles. The average Bonchev–Trinajstić information content (AvgIpc) is 3.21. The molecule has 0 radical (unpaired) electrons. The monoisotopic (exact) mass is 585 g/mol. The summed E-state index contributed by atoms with van der Waals surface area (Å²) in [6, 6.07) is 5.72. The lowest BCUT2D eigenvalue weighted by molar-refractivity contribution is -0.141. The van der Waals surface area contributed by atoms with Gasteiger partial charge in [-0.3, -0.25) is 9.78 Å². The zero-order valence-corrected chi connectivity index (χ0v) is 21.5. The largest absolute Gasteiger partial charge is 0.433 e. The first-order valence-corrected chi connectivity index (χ1v) is 13.4. The zero-order chi connectivity index (χ0) is 29.1. The van der Waals surface area contributed by atoms with E-state index in [4.69, 9.17) is 0 Å². The van der Waals surface area contributed by atoms with Crippen molar-refractivity contribution in [3.8, 4) is 11.3 Å². The summed E-state index contributed by atoms with van der Waals surface area (Å²) in [6.45, 7) is 0.460. The summed E-state index contributed by atoms with van der Waals surface area (Å²) in [7, 11) is -4.43. The van der Waals surface area contributed by atoms with Crippen LogP contribution in [0.5, 0.6) is 0 Å². The summed E-state index contributed by atoms with van der Waals surface area (Å²) in [5.74, 6) is -5.85. The van der Waals surface area contributed by atoms with Crippen LogP contribution >= 0.6 is 0 Å². The molecule has 1 saturated carbocycles. The summed E-state index contributed by atoms with van der Waals surface area (Å²) in [4.78, 5) is 24.2. The van der Waals surface area contributed by atoms with Crippen molar-refractivity contribution in [3.63, 3.8) is 0 Å². The van der Waals surface area contributed by atoms with E-state index in [1.807, 2.05) is 0 Å². The quantitative estimate of drug-likeness (QED) is 0.438. The summed E-state index contributed by atoms with van der Waals surface area (Å²) >= 11 is 0. The fourth-order valence-electron chi connectivity index (χ4n) is 5.04. The van der Waals surface area contributed by atoms with E-state index in [0.717, 1.165) is 47.2 Å². The fourth-order valence-corrected chi connectivity index (χ4v) is 6.70. The Morgan fingerprint density at radius 3 is 2.35 bits per heavy atom. The highest BCUT2D eigenvalue weighted by atomic mass is 32.2. The van der Waals surface area contributed by atoms with Crippen molar-refractivity contribution >= 4 is 15.9 Å². The van der Waals surface area contributed by atoms with Crippen molar-refractivity contribution in [2.24, 2.45) is 11.3 Å². The molecule has 5 rings (SSSR count). The van der Waals surface area contributed by atoms with Crippen LogP contribution in [0.2, 0.25) is 0 Å². The van der Waals surface area contributed by atoms with Crippen LogP contribution < -0.4 is 5.32 Å². The number of carbonyl (C=O) groups is 1. The Morgan fingerprint density at radius 1 is 1.10 bits per heavy atom. The number of rotatable bonds is 6. The average molecular weight is 586 g/mol. The standard InChI is InChI=1S/C25H21F6N5O3S/c1-14-23(24(14,27)28)9-20(36(12-23)40(38,39)18-5-3-16(26)4-6-18)22(37)33-11-17-8-19(35-13-34-17)15-2-7-21(32-10-15)25(29,30)31/h2-8,10,13-14,20H,9,11-12H2,1H3,(H,33,37)/t14-,20+,23-/m1/s1. The van der Waals surface area contributed by atoms with Gasteiger partial charge in [0.15, 0.2) is 0 Å². The van der Waals surface area contributed by atoms with Crippen molar-refractivity contribution in [1.29, 1.82) is 0 Å². The Balaban J connectivity index is 1.35. The molecule has 2 aliphatic rings. The topological polar surface area (TPSA) is 105 Å². The van der Waals surface area contributed by atoms with E-state index in [2.05, 4.69) is 20.3 Å². The van der Waals surface area contributed by atoms with Crippen LogP contribution in [0.4, 0.5) is 26.3 Å². The number of nitrogens with one attached hydrogen (secondary N) is 1. The van der Waals surface area contributed by atoms with Crippen LogP contribution in [0, 0.1) is 17.2 Å². The van der Waals surface area contributed by atoms with Gasteiger partial charge in [-0.2, -0.15) is 17.5 Å². The van der Waals surface area contributed by atoms with E-state index in [1.54, 1.807) is 0 Å². The lowest BCUT2D eigenvalue weighted by Gasteiger charge is -2.23. The number of alkyl halides is 5. The molecule has 1 aliphatic carbocycles. The van der Waals surface area contributed by atoms with Gasteiger partial charge >= 0.3 is 6.18 Å². The maximum absolute atomic E-state index is 14.6. The number of pyridine rings is 1. The SMILES string of the molecule is C[C@H]1C(F)(F)[C@@]12C[C@@H](C(=O)NCc1cc(-c3ccc(C(F)(F)F)nc3)ncn1)N(S(=O)(=O)c1ccc(F)cc1)C2. The summed E-state index contributed by atoms with van der Waals surface area (Å²) in [5, 5.41) is 2.51. The highest BCUT2D eigenvalue weighted by molar-refractivity contribution is 7.89. The Kier molecular flexibility index (Phi) is 6.64. The number of sulfonamides is 1. The first-order chi connectivity index (χ1) is 18.7. The Bertz CT molecular complexity index is 1550.